The molecular weight excluding hydrogens is 276 g/mol. The summed E-state index contributed by atoms with van der Waals surface area (Å²) in [5, 5.41) is 9.56. The zero-order valence-electron chi connectivity index (χ0n) is 11.4. The normalized spacial score (nSPS) is 50.4. The van der Waals surface area contributed by atoms with E-state index in [4.69, 9.17) is 0 Å². The highest BCUT2D eigenvalue weighted by atomic mass is 16.4. The summed E-state index contributed by atoms with van der Waals surface area (Å²) in [5.41, 5.74) is -4.48. The van der Waals surface area contributed by atoms with Gasteiger partial charge in [0.15, 0.2) is 0 Å². The maximum atomic E-state index is 11.7. The van der Waals surface area contributed by atoms with Gasteiger partial charge in [-0.2, -0.15) is 0 Å². The van der Waals surface area contributed by atoms with Crippen molar-refractivity contribution in [2.75, 3.05) is 0 Å². The van der Waals surface area contributed by atoms with Crippen LogP contribution < -0.4 is 0 Å². The quantitative estimate of drug-likeness (QED) is 0.736. The number of aldehydes is 4. The lowest BCUT2D eigenvalue weighted by Gasteiger charge is -2.67. The second kappa shape index (κ2) is 3.87. The zero-order valence-corrected chi connectivity index (χ0v) is 11.4. The van der Waals surface area contributed by atoms with Gasteiger partial charge in [-0.25, -0.2) is 0 Å². The molecule has 0 aromatic carbocycles. The monoisotopic (exact) mass is 292 g/mol. The Balaban J connectivity index is 2.27. The number of carbonyl (C=O) groups is 5. The van der Waals surface area contributed by atoms with Crippen molar-refractivity contribution in [2.45, 2.75) is 32.1 Å². The first-order valence-electron chi connectivity index (χ1n) is 6.93. The molecule has 0 saturated heterocycles. The summed E-state index contributed by atoms with van der Waals surface area (Å²) >= 11 is 0. The molecule has 0 unspecified atom stereocenters. The van der Waals surface area contributed by atoms with Crippen LogP contribution in [0.25, 0.3) is 0 Å². The van der Waals surface area contributed by atoms with Crippen molar-refractivity contribution in [1.82, 2.24) is 0 Å². The van der Waals surface area contributed by atoms with E-state index in [1.165, 1.54) is 0 Å². The molecule has 4 aliphatic rings. The Bertz CT molecular complexity index is 509. The van der Waals surface area contributed by atoms with Crippen molar-refractivity contribution in [3.05, 3.63) is 0 Å². The Hall–Kier alpha value is -1.85. The van der Waals surface area contributed by atoms with E-state index in [2.05, 4.69) is 0 Å². The number of hydrogen-bond acceptors (Lipinski definition) is 5. The molecule has 0 aliphatic heterocycles. The summed E-state index contributed by atoms with van der Waals surface area (Å²) in [6.07, 6.45) is 3.37. The van der Waals surface area contributed by atoms with Crippen LogP contribution in [0.4, 0.5) is 0 Å². The van der Waals surface area contributed by atoms with Gasteiger partial charge in [0.05, 0.1) is 5.92 Å². The average Bonchev–Trinajstić information content (AvgIpc) is 2.45. The summed E-state index contributed by atoms with van der Waals surface area (Å²) in [4.78, 5) is 58.4. The summed E-state index contributed by atoms with van der Waals surface area (Å²) in [6, 6.07) is 0. The molecule has 6 heteroatoms. The van der Waals surface area contributed by atoms with Gasteiger partial charge in [0, 0.05) is 21.7 Å². The number of carboxylic acids is 1. The molecule has 0 heterocycles. The Kier molecular flexibility index (Phi) is 2.60. The van der Waals surface area contributed by atoms with Crippen molar-refractivity contribution < 1.29 is 29.1 Å². The minimum Gasteiger partial charge on any atom is -0.481 e. The molecule has 0 amide bonds. The van der Waals surface area contributed by atoms with Gasteiger partial charge >= 0.3 is 5.97 Å². The van der Waals surface area contributed by atoms with Gasteiger partial charge in [0.1, 0.15) is 25.1 Å². The first kappa shape index (κ1) is 14.1. The van der Waals surface area contributed by atoms with Crippen LogP contribution in [0.5, 0.6) is 0 Å². The van der Waals surface area contributed by atoms with Crippen LogP contribution in [0.15, 0.2) is 0 Å². The van der Waals surface area contributed by atoms with Crippen molar-refractivity contribution in [3.63, 3.8) is 0 Å². The summed E-state index contributed by atoms with van der Waals surface area (Å²) < 4.78 is 0. The zero-order chi connectivity index (χ0) is 15.5. The van der Waals surface area contributed by atoms with Crippen LogP contribution in [0, 0.1) is 27.6 Å². The number of aliphatic carboxylic acids is 1. The summed E-state index contributed by atoms with van der Waals surface area (Å²) in [7, 11) is 0. The van der Waals surface area contributed by atoms with Crippen molar-refractivity contribution in [3.8, 4) is 0 Å². The van der Waals surface area contributed by atoms with E-state index in [1.807, 2.05) is 0 Å². The Labute approximate surface area is 120 Å². The van der Waals surface area contributed by atoms with E-state index >= 15 is 0 Å². The fraction of sp³-hybridized carbons (Fsp3) is 0.667. The minimum absolute atomic E-state index is 0.120. The molecule has 1 N–H and O–H groups in total. The van der Waals surface area contributed by atoms with E-state index in [9.17, 15) is 29.1 Å². The molecule has 4 fully saturated rings. The number of hydrogen-bond donors (Lipinski definition) is 1. The van der Waals surface area contributed by atoms with Crippen LogP contribution in [0.2, 0.25) is 0 Å². The summed E-state index contributed by atoms with van der Waals surface area (Å²) in [6.45, 7) is 0. The lowest BCUT2D eigenvalue weighted by molar-refractivity contribution is -0.217. The van der Waals surface area contributed by atoms with Crippen molar-refractivity contribution in [1.29, 1.82) is 0 Å². The Morgan fingerprint density at radius 1 is 0.762 bits per heavy atom. The maximum Gasteiger partial charge on any atom is 0.308 e. The molecule has 21 heavy (non-hydrogen) atoms. The van der Waals surface area contributed by atoms with Gasteiger partial charge < -0.3 is 24.3 Å². The summed E-state index contributed by atoms with van der Waals surface area (Å²) in [5.74, 6) is -2.35. The Morgan fingerprint density at radius 2 is 1.14 bits per heavy atom. The van der Waals surface area contributed by atoms with Crippen LogP contribution >= 0.6 is 0 Å². The van der Waals surface area contributed by atoms with Gasteiger partial charge in [-0.15, -0.1) is 0 Å². The molecule has 4 aliphatic carbocycles. The van der Waals surface area contributed by atoms with Gasteiger partial charge in [-0.05, 0) is 32.1 Å². The maximum absolute atomic E-state index is 11.7. The molecular formula is C15H16O6. The molecule has 6 nitrogen and oxygen atoms in total. The molecule has 0 aromatic rings. The molecule has 0 atom stereocenters. The highest BCUT2D eigenvalue weighted by molar-refractivity contribution is 5.88. The fourth-order valence-corrected chi connectivity index (χ4v) is 5.85. The van der Waals surface area contributed by atoms with Gasteiger partial charge in [-0.3, -0.25) is 4.79 Å². The number of carboxylic acid groups (broad SMARTS) is 1. The third-order valence-electron chi connectivity index (χ3n) is 5.80. The van der Waals surface area contributed by atoms with Gasteiger partial charge in [0.25, 0.3) is 0 Å². The molecule has 0 spiro atoms. The van der Waals surface area contributed by atoms with Crippen molar-refractivity contribution >= 4 is 31.1 Å². The molecule has 0 aromatic heterocycles. The van der Waals surface area contributed by atoms with Crippen LogP contribution in [-0.4, -0.2) is 36.2 Å². The molecule has 4 rings (SSSR count). The number of rotatable bonds is 5. The number of carbonyl (C=O) groups excluding carboxylic acids is 4. The van der Waals surface area contributed by atoms with Crippen LogP contribution in [0.1, 0.15) is 32.1 Å². The van der Waals surface area contributed by atoms with E-state index in [0.717, 1.165) is 12.6 Å². The molecule has 4 bridgehead atoms. The standard InChI is InChI=1S/C15H16O6/c16-6-12-1-13(7-17)4-14(2-12,8-18)10(11(20)21)15(3-12,5-13)9-19/h6-10H,1-5H2,(H,20,21). The highest BCUT2D eigenvalue weighted by Gasteiger charge is 2.74. The predicted molar refractivity (Wildman–Crippen MR) is 68.2 cm³/mol. The van der Waals surface area contributed by atoms with E-state index < -0.39 is 33.5 Å². The fourth-order valence-electron chi connectivity index (χ4n) is 5.85. The Morgan fingerprint density at radius 3 is 1.38 bits per heavy atom. The first-order valence-corrected chi connectivity index (χ1v) is 6.93. The van der Waals surface area contributed by atoms with E-state index in [-0.39, 0.29) is 25.7 Å². The second-order valence-corrected chi connectivity index (χ2v) is 7.32. The van der Waals surface area contributed by atoms with Crippen LogP contribution in [-0.2, 0) is 24.0 Å². The topological polar surface area (TPSA) is 106 Å². The van der Waals surface area contributed by atoms with E-state index in [0.29, 0.717) is 19.0 Å². The first-order chi connectivity index (χ1) is 9.84. The molecule has 4 saturated carbocycles. The average molecular weight is 292 g/mol. The molecule has 112 valence electrons. The third kappa shape index (κ3) is 1.50. The lowest BCUT2D eigenvalue weighted by Crippen LogP contribution is -2.69. The largest absolute Gasteiger partial charge is 0.481 e. The van der Waals surface area contributed by atoms with Gasteiger partial charge in [0.2, 0.25) is 0 Å². The van der Waals surface area contributed by atoms with Crippen molar-refractivity contribution in [2.24, 2.45) is 27.6 Å². The smallest absolute Gasteiger partial charge is 0.308 e. The third-order valence-corrected chi connectivity index (χ3v) is 5.80. The molecule has 0 radical (unpaired) electrons. The van der Waals surface area contributed by atoms with Crippen LogP contribution in [0.3, 0.4) is 0 Å². The SMILES string of the molecule is O=CC12CC3(C=O)CC(C=O)(C1)C(C(=O)O)C(C=O)(C2)C3. The van der Waals surface area contributed by atoms with E-state index in [1.54, 1.807) is 0 Å². The second-order valence-electron chi connectivity index (χ2n) is 7.32. The lowest BCUT2D eigenvalue weighted by atomic mass is 9.33. The predicted octanol–water partition coefficient (Wildman–Crippen LogP) is 0.420. The van der Waals surface area contributed by atoms with Gasteiger partial charge in [-0.1, -0.05) is 0 Å². The highest BCUT2D eigenvalue weighted by Crippen LogP contribution is 2.73. The minimum atomic E-state index is -1.30.